The molecule has 1 amide bonds. The Hall–Kier alpha value is -1.69. The van der Waals surface area contributed by atoms with Gasteiger partial charge in [-0.25, -0.2) is 9.97 Å². The van der Waals surface area contributed by atoms with Crippen molar-refractivity contribution < 1.29 is 9.53 Å². The van der Waals surface area contributed by atoms with E-state index < -0.39 is 0 Å². The number of aromatic nitrogens is 2. The summed E-state index contributed by atoms with van der Waals surface area (Å²) in [7, 11) is 0. The number of ether oxygens (including phenoxy) is 1. The number of amides is 1. The SMILES string of the molecule is Cc1ncc([C@@H]2[C@H](C(=O)Nc3ccc(Cl)c(Cl)c3)[C@@H]3O[C@H]2C2C(C)C23)cn1. The van der Waals surface area contributed by atoms with Gasteiger partial charge in [-0.05, 0) is 48.4 Å². The van der Waals surface area contributed by atoms with E-state index in [0.717, 1.165) is 11.4 Å². The first-order valence-electron chi connectivity index (χ1n) is 9.15. The molecule has 7 atom stereocenters. The van der Waals surface area contributed by atoms with Crippen molar-refractivity contribution >= 4 is 34.8 Å². The number of hydrogen-bond acceptors (Lipinski definition) is 4. The Kier molecular flexibility index (Phi) is 3.97. The minimum absolute atomic E-state index is 0.0235. The molecule has 2 aliphatic heterocycles. The van der Waals surface area contributed by atoms with Gasteiger partial charge in [-0.2, -0.15) is 0 Å². The monoisotopic (exact) mass is 403 g/mol. The van der Waals surface area contributed by atoms with Crippen LogP contribution in [0.15, 0.2) is 30.6 Å². The number of fused-ring (bicyclic) bond motifs is 5. The van der Waals surface area contributed by atoms with Crippen LogP contribution in [0.4, 0.5) is 5.69 Å². The van der Waals surface area contributed by atoms with E-state index in [-0.39, 0.29) is 30.0 Å². The molecule has 7 heteroatoms. The van der Waals surface area contributed by atoms with Crippen molar-refractivity contribution in [2.24, 2.45) is 23.7 Å². The Labute approximate surface area is 167 Å². The summed E-state index contributed by atoms with van der Waals surface area (Å²) in [4.78, 5) is 21.9. The van der Waals surface area contributed by atoms with Gasteiger partial charge in [0.25, 0.3) is 0 Å². The largest absolute Gasteiger partial charge is 0.373 e. The van der Waals surface area contributed by atoms with E-state index in [1.165, 1.54) is 0 Å². The third-order valence-electron chi connectivity index (χ3n) is 6.36. The van der Waals surface area contributed by atoms with Crippen LogP contribution in [0.5, 0.6) is 0 Å². The number of nitrogens with zero attached hydrogens (tertiary/aromatic N) is 2. The zero-order valence-corrected chi connectivity index (χ0v) is 16.4. The maximum atomic E-state index is 13.2. The van der Waals surface area contributed by atoms with E-state index in [9.17, 15) is 4.79 Å². The molecule has 3 heterocycles. The minimum atomic E-state index is -0.262. The fraction of sp³-hybridized carbons (Fsp3) is 0.450. The molecule has 2 saturated heterocycles. The van der Waals surface area contributed by atoms with Crippen molar-refractivity contribution in [2.75, 3.05) is 5.32 Å². The number of hydrogen-bond donors (Lipinski definition) is 1. The summed E-state index contributed by atoms with van der Waals surface area (Å²) in [6.45, 7) is 4.11. The van der Waals surface area contributed by atoms with E-state index >= 15 is 0 Å². The highest BCUT2D eigenvalue weighted by molar-refractivity contribution is 6.42. The number of benzene rings is 1. The van der Waals surface area contributed by atoms with Crippen LogP contribution in [0, 0.1) is 30.6 Å². The van der Waals surface area contributed by atoms with E-state index in [2.05, 4.69) is 22.2 Å². The van der Waals surface area contributed by atoms with Crippen LogP contribution in [0.2, 0.25) is 10.0 Å². The molecular formula is C20H19Cl2N3O2. The smallest absolute Gasteiger partial charge is 0.230 e. The summed E-state index contributed by atoms with van der Waals surface area (Å²) in [5.74, 6) is 2.00. The van der Waals surface area contributed by atoms with Crippen molar-refractivity contribution in [3.05, 3.63) is 52.0 Å². The number of halogens is 2. The molecule has 3 fully saturated rings. The summed E-state index contributed by atoms with van der Waals surface area (Å²) in [6.07, 6.45) is 3.67. The number of carbonyl (C=O) groups excluding carboxylic acids is 1. The average Bonchev–Trinajstić information content (AvgIpc) is 3.01. The second-order valence-electron chi connectivity index (χ2n) is 7.81. The normalized spacial score (nSPS) is 35.8. The van der Waals surface area contributed by atoms with E-state index in [1.807, 2.05) is 19.3 Å². The molecule has 5 nitrogen and oxygen atoms in total. The molecule has 140 valence electrons. The lowest BCUT2D eigenvalue weighted by molar-refractivity contribution is -0.122. The van der Waals surface area contributed by atoms with Gasteiger partial charge in [-0.15, -0.1) is 0 Å². The summed E-state index contributed by atoms with van der Waals surface area (Å²) >= 11 is 12.1. The Morgan fingerprint density at radius 1 is 1.11 bits per heavy atom. The average molecular weight is 404 g/mol. The Morgan fingerprint density at radius 2 is 1.81 bits per heavy atom. The number of carbonyl (C=O) groups is 1. The van der Waals surface area contributed by atoms with E-state index in [1.54, 1.807) is 18.2 Å². The van der Waals surface area contributed by atoms with Crippen LogP contribution in [0.25, 0.3) is 0 Å². The third kappa shape index (κ3) is 2.67. The van der Waals surface area contributed by atoms with Gasteiger partial charge in [0, 0.05) is 24.0 Å². The molecule has 1 aromatic carbocycles. The van der Waals surface area contributed by atoms with Gasteiger partial charge in [0.15, 0.2) is 0 Å². The van der Waals surface area contributed by atoms with Gasteiger partial charge in [0.1, 0.15) is 5.82 Å². The maximum Gasteiger partial charge on any atom is 0.230 e. The molecule has 1 aromatic heterocycles. The predicted molar refractivity (Wildman–Crippen MR) is 103 cm³/mol. The topological polar surface area (TPSA) is 64.1 Å². The molecular weight excluding hydrogens is 385 g/mol. The van der Waals surface area contributed by atoms with Crippen molar-refractivity contribution in [3.63, 3.8) is 0 Å². The first-order valence-corrected chi connectivity index (χ1v) is 9.91. The first-order chi connectivity index (χ1) is 13.0. The summed E-state index contributed by atoms with van der Waals surface area (Å²) in [5.41, 5.74) is 1.61. The molecule has 27 heavy (non-hydrogen) atoms. The fourth-order valence-corrected chi connectivity index (χ4v) is 5.36. The van der Waals surface area contributed by atoms with Crippen molar-refractivity contribution in [1.29, 1.82) is 0 Å². The van der Waals surface area contributed by atoms with Crippen LogP contribution in [0.3, 0.4) is 0 Å². The standard InChI is InChI=1S/C20H19Cl2N3O2/c1-8-14-15(8)19-17(20(26)25-11-3-4-12(21)13(22)5-11)16(18(14)27-19)10-6-23-9(2)24-7-10/h3-8,14-19H,1-2H3,(H,25,26)/t8?,14?,15?,16-,17+,18+,19-/m1/s1. The van der Waals surface area contributed by atoms with Gasteiger partial charge in [0.2, 0.25) is 5.91 Å². The lowest BCUT2D eigenvalue weighted by Crippen LogP contribution is -2.37. The lowest BCUT2D eigenvalue weighted by Gasteiger charge is -2.26. The van der Waals surface area contributed by atoms with E-state index in [0.29, 0.717) is 33.5 Å². The molecule has 3 unspecified atom stereocenters. The molecule has 3 aliphatic rings. The molecule has 0 radical (unpaired) electrons. The quantitative estimate of drug-likeness (QED) is 0.837. The van der Waals surface area contributed by atoms with Crippen LogP contribution in [-0.4, -0.2) is 28.1 Å². The summed E-state index contributed by atoms with van der Waals surface area (Å²) in [5, 5.41) is 3.87. The number of anilines is 1. The van der Waals surface area contributed by atoms with Gasteiger partial charge in [-0.3, -0.25) is 4.79 Å². The molecule has 2 bridgehead atoms. The van der Waals surface area contributed by atoms with Gasteiger partial charge >= 0.3 is 0 Å². The van der Waals surface area contributed by atoms with Gasteiger partial charge in [0.05, 0.1) is 28.2 Å². The fourth-order valence-electron chi connectivity index (χ4n) is 5.07. The van der Waals surface area contributed by atoms with Crippen LogP contribution >= 0.6 is 23.2 Å². The Bertz CT molecular complexity index is 920. The highest BCUT2D eigenvalue weighted by Gasteiger charge is 2.72. The van der Waals surface area contributed by atoms with Gasteiger partial charge in [-0.1, -0.05) is 30.1 Å². The van der Waals surface area contributed by atoms with Crippen molar-refractivity contribution in [3.8, 4) is 0 Å². The minimum Gasteiger partial charge on any atom is -0.373 e. The molecule has 1 N–H and O–H groups in total. The highest BCUT2D eigenvalue weighted by Crippen LogP contribution is 2.68. The van der Waals surface area contributed by atoms with Crippen molar-refractivity contribution in [2.45, 2.75) is 32.0 Å². The highest BCUT2D eigenvalue weighted by atomic mass is 35.5. The van der Waals surface area contributed by atoms with E-state index in [4.69, 9.17) is 27.9 Å². The summed E-state index contributed by atoms with van der Waals surface area (Å²) in [6, 6.07) is 5.11. The second-order valence-corrected chi connectivity index (χ2v) is 8.63. The first kappa shape index (κ1) is 17.4. The maximum absolute atomic E-state index is 13.2. The molecule has 1 saturated carbocycles. The molecule has 2 aromatic rings. The van der Waals surface area contributed by atoms with Crippen LogP contribution < -0.4 is 5.32 Å². The number of aryl methyl sites for hydroxylation is 1. The van der Waals surface area contributed by atoms with Crippen LogP contribution in [-0.2, 0) is 9.53 Å². The van der Waals surface area contributed by atoms with Gasteiger partial charge < -0.3 is 10.1 Å². The zero-order chi connectivity index (χ0) is 18.9. The third-order valence-corrected chi connectivity index (χ3v) is 7.10. The lowest BCUT2D eigenvalue weighted by atomic mass is 9.75. The van der Waals surface area contributed by atoms with Crippen molar-refractivity contribution in [1.82, 2.24) is 9.97 Å². The zero-order valence-electron chi connectivity index (χ0n) is 14.9. The Balaban J connectivity index is 1.45. The molecule has 1 aliphatic carbocycles. The number of rotatable bonds is 3. The van der Waals surface area contributed by atoms with Crippen LogP contribution in [0.1, 0.15) is 24.2 Å². The molecule has 0 spiro atoms. The molecule has 5 rings (SSSR count). The predicted octanol–water partition coefficient (Wildman–Crippen LogP) is 4.09. The second kappa shape index (κ2) is 6.16. The Morgan fingerprint density at radius 3 is 2.52 bits per heavy atom. The summed E-state index contributed by atoms with van der Waals surface area (Å²) < 4.78 is 6.25. The number of nitrogens with one attached hydrogen (secondary N) is 1.